The summed E-state index contributed by atoms with van der Waals surface area (Å²) in [4.78, 5) is 34.7. The van der Waals surface area contributed by atoms with Crippen molar-refractivity contribution >= 4 is 19.8 Å². The fraction of sp³-hybridized carbons (Fsp3) is 0.951. The Morgan fingerprint density at radius 3 is 1.19 bits per heavy atom. The lowest BCUT2D eigenvalue weighted by molar-refractivity contribution is -0.161. The van der Waals surface area contributed by atoms with Gasteiger partial charge in [0, 0.05) is 12.8 Å². The average molecular weight is 765 g/mol. The summed E-state index contributed by atoms with van der Waals surface area (Å²) < 4.78 is 32.5. The molecule has 52 heavy (non-hydrogen) atoms. The average Bonchev–Trinajstić information content (AvgIpc) is 3.13. The van der Waals surface area contributed by atoms with E-state index in [0.29, 0.717) is 12.8 Å². The Labute approximate surface area is 318 Å². The Kier molecular flexibility index (Phi) is 37.5. The number of aliphatic hydroxyl groups is 2. The third kappa shape index (κ3) is 37.3. The number of esters is 2. The number of carbonyl (C=O) groups excluding carboxylic acids is 2. The van der Waals surface area contributed by atoms with Gasteiger partial charge in [0.05, 0.1) is 19.8 Å². The molecule has 0 rings (SSSR count). The molecule has 0 fully saturated rings. The van der Waals surface area contributed by atoms with Crippen LogP contribution < -0.4 is 0 Å². The van der Waals surface area contributed by atoms with Crippen LogP contribution in [0.4, 0.5) is 0 Å². The zero-order valence-electron chi connectivity index (χ0n) is 33.6. The van der Waals surface area contributed by atoms with Gasteiger partial charge in [0.25, 0.3) is 0 Å². The van der Waals surface area contributed by atoms with Gasteiger partial charge in [-0.2, -0.15) is 0 Å². The van der Waals surface area contributed by atoms with Crippen molar-refractivity contribution in [3.63, 3.8) is 0 Å². The van der Waals surface area contributed by atoms with E-state index in [1.54, 1.807) is 0 Å². The van der Waals surface area contributed by atoms with Crippen LogP contribution >= 0.6 is 7.82 Å². The second kappa shape index (κ2) is 38.3. The first-order chi connectivity index (χ1) is 25.2. The normalized spacial score (nSPS) is 13.9. The summed E-state index contributed by atoms with van der Waals surface area (Å²) in [5, 5.41) is 18.3. The zero-order chi connectivity index (χ0) is 38.4. The molecule has 0 saturated carbocycles. The number of ether oxygens (including phenoxy) is 2. The van der Waals surface area contributed by atoms with Crippen LogP contribution in [0.25, 0.3) is 0 Å². The third-order valence-corrected chi connectivity index (χ3v) is 10.5. The number of carbonyl (C=O) groups is 2. The largest absolute Gasteiger partial charge is 0.472 e. The number of phosphoric acid groups is 1. The summed E-state index contributed by atoms with van der Waals surface area (Å²) in [5.74, 6) is -0.922. The predicted molar refractivity (Wildman–Crippen MR) is 210 cm³/mol. The molecule has 0 saturated heterocycles. The minimum atomic E-state index is -4.60. The molecule has 10 nitrogen and oxygen atoms in total. The Bertz CT molecular complexity index is 842. The molecular formula is C41H81O10P. The quantitative estimate of drug-likeness (QED) is 0.0312. The lowest BCUT2D eigenvalue weighted by Gasteiger charge is -2.20. The molecule has 0 aliphatic rings. The molecule has 0 aromatic rings. The minimum Gasteiger partial charge on any atom is -0.462 e. The van der Waals surface area contributed by atoms with Crippen molar-refractivity contribution in [2.24, 2.45) is 0 Å². The number of aliphatic hydroxyl groups excluding tert-OH is 2. The number of phosphoric ester groups is 1. The van der Waals surface area contributed by atoms with Crippen molar-refractivity contribution in [3.8, 4) is 0 Å². The van der Waals surface area contributed by atoms with Gasteiger partial charge in [0.1, 0.15) is 12.7 Å². The predicted octanol–water partition coefficient (Wildman–Crippen LogP) is 11.1. The Hall–Kier alpha value is -1.03. The molecule has 0 aliphatic heterocycles. The fourth-order valence-electron chi connectivity index (χ4n) is 6.17. The van der Waals surface area contributed by atoms with Crippen LogP contribution in [0.3, 0.4) is 0 Å². The van der Waals surface area contributed by atoms with Gasteiger partial charge < -0.3 is 24.6 Å². The summed E-state index contributed by atoms with van der Waals surface area (Å²) in [6.45, 7) is 2.34. The van der Waals surface area contributed by atoms with Crippen molar-refractivity contribution in [3.05, 3.63) is 0 Å². The highest BCUT2D eigenvalue weighted by molar-refractivity contribution is 7.47. The molecule has 0 radical (unpaired) electrons. The van der Waals surface area contributed by atoms with Crippen LogP contribution in [0.5, 0.6) is 0 Å². The Balaban J connectivity index is 4.01. The highest BCUT2D eigenvalue weighted by Gasteiger charge is 2.27. The van der Waals surface area contributed by atoms with E-state index in [2.05, 4.69) is 18.4 Å². The maximum absolute atomic E-state index is 12.5. The summed E-state index contributed by atoms with van der Waals surface area (Å²) in [6, 6.07) is 0. The van der Waals surface area contributed by atoms with Crippen molar-refractivity contribution < 1.29 is 47.8 Å². The number of rotatable bonds is 41. The highest BCUT2D eigenvalue weighted by Crippen LogP contribution is 2.43. The molecule has 11 heteroatoms. The van der Waals surface area contributed by atoms with Gasteiger partial charge in [-0.25, -0.2) is 4.57 Å². The van der Waals surface area contributed by atoms with Crippen LogP contribution in [0.2, 0.25) is 0 Å². The van der Waals surface area contributed by atoms with Crippen LogP contribution in [0.15, 0.2) is 0 Å². The summed E-state index contributed by atoms with van der Waals surface area (Å²) in [7, 11) is -4.60. The second-order valence-corrected chi connectivity index (χ2v) is 16.2. The Morgan fingerprint density at radius 1 is 0.500 bits per heavy atom. The lowest BCUT2D eigenvalue weighted by Crippen LogP contribution is -2.29. The van der Waals surface area contributed by atoms with Crippen LogP contribution in [0.1, 0.15) is 213 Å². The molecule has 3 unspecified atom stereocenters. The summed E-state index contributed by atoms with van der Waals surface area (Å²) in [5.41, 5.74) is 0. The molecule has 0 bridgehead atoms. The number of hydrogen-bond donors (Lipinski definition) is 3. The van der Waals surface area contributed by atoms with E-state index in [0.717, 1.165) is 44.9 Å². The van der Waals surface area contributed by atoms with Gasteiger partial charge in [-0.1, -0.05) is 187 Å². The van der Waals surface area contributed by atoms with E-state index < -0.39 is 51.8 Å². The van der Waals surface area contributed by atoms with E-state index >= 15 is 0 Å². The van der Waals surface area contributed by atoms with Crippen LogP contribution in [0, 0.1) is 0 Å². The monoisotopic (exact) mass is 765 g/mol. The smallest absolute Gasteiger partial charge is 0.462 e. The van der Waals surface area contributed by atoms with Gasteiger partial charge in [-0.3, -0.25) is 18.6 Å². The van der Waals surface area contributed by atoms with Crippen molar-refractivity contribution in [2.75, 3.05) is 26.4 Å². The first-order valence-electron chi connectivity index (χ1n) is 21.5. The van der Waals surface area contributed by atoms with Gasteiger partial charge in [0.15, 0.2) is 6.10 Å². The maximum atomic E-state index is 12.5. The first-order valence-corrected chi connectivity index (χ1v) is 23.0. The van der Waals surface area contributed by atoms with E-state index in [1.165, 1.54) is 128 Å². The third-order valence-electron chi connectivity index (χ3n) is 9.51. The molecular weight excluding hydrogens is 683 g/mol. The van der Waals surface area contributed by atoms with Crippen LogP contribution in [-0.2, 0) is 32.7 Å². The molecule has 0 heterocycles. The fourth-order valence-corrected chi connectivity index (χ4v) is 6.96. The Morgan fingerprint density at radius 2 is 0.827 bits per heavy atom. The molecule has 3 atom stereocenters. The number of unbranched alkanes of at least 4 members (excludes halogenated alkanes) is 27. The van der Waals surface area contributed by atoms with E-state index in [1.807, 2.05) is 0 Å². The maximum Gasteiger partial charge on any atom is 0.472 e. The second-order valence-electron chi connectivity index (χ2n) is 14.7. The van der Waals surface area contributed by atoms with E-state index in [9.17, 15) is 24.2 Å². The number of hydrogen-bond acceptors (Lipinski definition) is 9. The summed E-state index contributed by atoms with van der Waals surface area (Å²) in [6.07, 6.45) is 34.1. The SMILES string of the molecule is CCCCCCCCCCCCCCCCCCCCCCCCCC(=O)OC(COC(=O)CCCCCCCC)COP(=O)(O)OCC(O)CO. The zero-order valence-corrected chi connectivity index (χ0v) is 34.4. The lowest BCUT2D eigenvalue weighted by atomic mass is 10.0. The van der Waals surface area contributed by atoms with Crippen LogP contribution in [-0.4, -0.2) is 65.7 Å². The topological polar surface area (TPSA) is 149 Å². The highest BCUT2D eigenvalue weighted by atomic mass is 31.2. The van der Waals surface area contributed by atoms with Gasteiger partial charge >= 0.3 is 19.8 Å². The van der Waals surface area contributed by atoms with Crippen molar-refractivity contribution in [2.45, 2.75) is 225 Å². The van der Waals surface area contributed by atoms with Crippen molar-refractivity contribution in [1.29, 1.82) is 0 Å². The van der Waals surface area contributed by atoms with Gasteiger partial charge in [0.2, 0.25) is 0 Å². The summed E-state index contributed by atoms with van der Waals surface area (Å²) >= 11 is 0. The standard InChI is InChI=1S/C41H81O10P/c1-3-5-7-9-11-12-13-14-15-16-17-18-19-20-21-22-23-24-25-26-27-29-31-33-41(45)51-39(37-50-52(46,47)49-35-38(43)34-42)36-48-40(44)32-30-28-10-8-6-4-2/h38-39,42-43H,3-37H2,1-2H3,(H,46,47). The minimum absolute atomic E-state index is 0.192. The van der Waals surface area contributed by atoms with Crippen molar-refractivity contribution in [1.82, 2.24) is 0 Å². The molecule has 0 aromatic carbocycles. The first kappa shape index (κ1) is 51.0. The van der Waals surface area contributed by atoms with Gasteiger partial charge in [-0.15, -0.1) is 0 Å². The molecule has 0 spiro atoms. The molecule has 0 aromatic heterocycles. The van der Waals surface area contributed by atoms with Gasteiger partial charge in [-0.05, 0) is 12.8 Å². The van der Waals surface area contributed by atoms with E-state index in [-0.39, 0.29) is 19.4 Å². The molecule has 0 amide bonds. The molecule has 0 aliphatic carbocycles. The molecule has 310 valence electrons. The molecule has 3 N–H and O–H groups in total. The van der Waals surface area contributed by atoms with E-state index in [4.69, 9.17) is 19.1 Å².